The molecular formula is C30H25ClN2O6. The van der Waals surface area contributed by atoms with Crippen LogP contribution in [-0.4, -0.2) is 29.8 Å². The number of anilines is 2. The molecule has 2 N–H and O–H groups in total. The van der Waals surface area contributed by atoms with Gasteiger partial charge in [-0.25, -0.2) is 0 Å². The van der Waals surface area contributed by atoms with Crippen molar-refractivity contribution in [3.8, 4) is 5.75 Å². The fraction of sp³-hybridized carbons (Fsp3) is 0.167. The van der Waals surface area contributed by atoms with Crippen molar-refractivity contribution in [3.63, 3.8) is 0 Å². The van der Waals surface area contributed by atoms with E-state index in [1.165, 1.54) is 25.0 Å². The highest BCUT2D eigenvalue weighted by Gasteiger charge is 2.45. The lowest BCUT2D eigenvalue weighted by Crippen LogP contribution is -2.31. The zero-order valence-electron chi connectivity index (χ0n) is 21.4. The number of hydrogen-bond acceptors (Lipinski definition) is 6. The molecule has 0 fully saturated rings. The Hall–Kier alpha value is -4.56. The van der Waals surface area contributed by atoms with Gasteiger partial charge in [-0.15, -0.1) is 0 Å². The van der Waals surface area contributed by atoms with Gasteiger partial charge in [-0.05, 0) is 53.9 Å². The molecule has 5 rings (SSSR count). The average molecular weight is 545 g/mol. The molecule has 1 unspecified atom stereocenters. The number of benzene rings is 3. The third-order valence-corrected chi connectivity index (χ3v) is 6.83. The highest BCUT2D eigenvalue weighted by Crippen LogP contribution is 2.43. The van der Waals surface area contributed by atoms with Crippen molar-refractivity contribution in [2.45, 2.75) is 26.3 Å². The molecule has 3 aromatic carbocycles. The normalized spacial score (nSPS) is 15.2. The highest BCUT2D eigenvalue weighted by atomic mass is 35.5. The van der Waals surface area contributed by atoms with E-state index in [1.54, 1.807) is 36.4 Å². The number of rotatable bonds is 7. The summed E-state index contributed by atoms with van der Waals surface area (Å²) in [5.74, 6) is -1.99. The van der Waals surface area contributed by atoms with E-state index < -0.39 is 23.5 Å². The second-order valence-electron chi connectivity index (χ2n) is 9.13. The Kier molecular flexibility index (Phi) is 6.89. The maximum Gasteiger partial charge on any atom is 0.294 e. The van der Waals surface area contributed by atoms with E-state index in [4.69, 9.17) is 20.8 Å². The smallest absolute Gasteiger partial charge is 0.294 e. The summed E-state index contributed by atoms with van der Waals surface area (Å²) in [5, 5.41) is 14.7. The summed E-state index contributed by atoms with van der Waals surface area (Å²) in [6, 6.07) is 17.9. The van der Waals surface area contributed by atoms with Crippen molar-refractivity contribution in [1.29, 1.82) is 0 Å². The molecular weight excluding hydrogens is 520 g/mol. The summed E-state index contributed by atoms with van der Waals surface area (Å²) in [6.07, 6.45) is 0.814. The van der Waals surface area contributed by atoms with E-state index in [1.807, 2.05) is 31.2 Å². The number of carbonyl (C=O) groups excluding carboxylic acids is 3. The number of amides is 2. The van der Waals surface area contributed by atoms with Crippen LogP contribution in [0.2, 0.25) is 5.02 Å². The lowest BCUT2D eigenvalue weighted by molar-refractivity contribution is -0.117. The number of nitrogens with zero attached hydrogens (tertiary/aromatic N) is 1. The summed E-state index contributed by atoms with van der Waals surface area (Å²) in [5.41, 5.74) is 2.91. The monoisotopic (exact) mass is 544 g/mol. The maximum absolute atomic E-state index is 13.9. The van der Waals surface area contributed by atoms with Gasteiger partial charge in [0, 0.05) is 34.8 Å². The fourth-order valence-electron chi connectivity index (χ4n) is 4.75. The number of ketones is 1. The van der Waals surface area contributed by atoms with Crippen LogP contribution in [0.4, 0.5) is 11.4 Å². The van der Waals surface area contributed by atoms with E-state index in [2.05, 4.69) is 5.32 Å². The summed E-state index contributed by atoms with van der Waals surface area (Å²) >= 11 is 6.18. The van der Waals surface area contributed by atoms with Crippen LogP contribution >= 0.6 is 11.6 Å². The molecule has 0 bridgehead atoms. The van der Waals surface area contributed by atoms with Crippen LogP contribution in [0.25, 0.3) is 11.0 Å². The first-order valence-corrected chi connectivity index (χ1v) is 12.6. The van der Waals surface area contributed by atoms with Gasteiger partial charge in [0.1, 0.15) is 0 Å². The van der Waals surface area contributed by atoms with Gasteiger partial charge in [0.05, 0.1) is 18.7 Å². The Morgan fingerprint density at radius 1 is 1.08 bits per heavy atom. The second-order valence-corrected chi connectivity index (χ2v) is 9.57. The number of furan rings is 1. The molecule has 0 radical (unpaired) electrons. The van der Waals surface area contributed by atoms with Crippen molar-refractivity contribution < 1.29 is 28.6 Å². The van der Waals surface area contributed by atoms with Gasteiger partial charge in [-0.1, -0.05) is 42.8 Å². The Morgan fingerprint density at radius 2 is 1.77 bits per heavy atom. The van der Waals surface area contributed by atoms with Gasteiger partial charge in [0.25, 0.3) is 5.91 Å². The molecule has 0 saturated heterocycles. The Morgan fingerprint density at radius 3 is 2.38 bits per heavy atom. The molecule has 2 heterocycles. The quantitative estimate of drug-likeness (QED) is 0.261. The third kappa shape index (κ3) is 4.75. The van der Waals surface area contributed by atoms with Crippen LogP contribution in [0, 0.1) is 0 Å². The van der Waals surface area contributed by atoms with Crippen molar-refractivity contribution in [1.82, 2.24) is 0 Å². The van der Waals surface area contributed by atoms with Crippen LogP contribution < -0.4 is 15.0 Å². The molecule has 1 aliphatic heterocycles. The van der Waals surface area contributed by atoms with Crippen LogP contribution in [0.5, 0.6) is 5.75 Å². The van der Waals surface area contributed by atoms with Gasteiger partial charge >= 0.3 is 0 Å². The largest absolute Gasteiger partial charge is 0.503 e. The zero-order valence-corrected chi connectivity index (χ0v) is 22.2. The summed E-state index contributed by atoms with van der Waals surface area (Å²) in [6.45, 7) is 3.43. The second kappa shape index (κ2) is 10.3. The molecule has 1 aliphatic rings. The number of methoxy groups -OCH3 is 1. The molecule has 2 amide bonds. The van der Waals surface area contributed by atoms with Gasteiger partial charge in [0.2, 0.25) is 11.7 Å². The van der Waals surface area contributed by atoms with E-state index in [-0.39, 0.29) is 17.2 Å². The first-order valence-electron chi connectivity index (χ1n) is 12.3. The minimum atomic E-state index is -0.929. The van der Waals surface area contributed by atoms with Crippen molar-refractivity contribution >= 4 is 51.5 Å². The van der Waals surface area contributed by atoms with Crippen molar-refractivity contribution in [2.75, 3.05) is 17.3 Å². The third-order valence-electron chi connectivity index (χ3n) is 6.61. The number of aliphatic hydroxyl groups excluding tert-OH is 1. The lowest BCUT2D eigenvalue weighted by Gasteiger charge is -2.27. The Balaban J connectivity index is 1.62. The summed E-state index contributed by atoms with van der Waals surface area (Å²) in [4.78, 5) is 40.2. The van der Waals surface area contributed by atoms with E-state index >= 15 is 0 Å². The Labute approximate surface area is 229 Å². The number of aryl methyl sites for hydroxylation is 1. The van der Waals surface area contributed by atoms with Crippen LogP contribution in [-0.2, 0) is 16.0 Å². The number of fused-ring (bicyclic) bond motifs is 1. The van der Waals surface area contributed by atoms with Gasteiger partial charge < -0.3 is 19.6 Å². The van der Waals surface area contributed by atoms with Crippen molar-refractivity contribution in [2.24, 2.45) is 0 Å². The topological polar surface area (TPSA) is 109 Å². The molecule has 198 valence electrons. The van der Waals surface area contributed by atoms with Gasteiger partial charge in [0.15, 0.2) is 22.9 Å². The SMILES string of the molecule is CCc1ccc(C2C(C(=O)c3cc4cc(Cl)cc(OC)c4o3)=C(O)C(=O)N2c2ccc(NC(C)=O)cc2)cc1. The predicted octanol–water partition coefficient (Wildman–Crippen LogP) is 6.40. The van der Waals surface area contributed by atoms with E-state index in [0.29, 0.717) is 38.7 Å². The lowest BCUT2D eigenvalue weighted by atomic mass is 9.94. The molecule has 0 saturated carbocycles. The Bertz CT molecular complexity index is 1640. The highest BCUT2D eigenvalue weighted by molar-refractivity contribution is 6.31. The van der Waals surface area contributed by atoms with Gasteiger partial charge in [-0.2, -0.15) is 0 Å². The van der Waals surface area contributed by atoms with E-state index in [0.717, 1.165) is 12.0 Å². The molecule has 1 aromatic heterocycles. The minimum Gasteiger partial charge on any atom is -0.503 e. The first kappa shape index (κ1) is 26.1. The summed E-state index contributed by atoms with van der Waals surface area (Å²) in [7, 11) is 1.46. The molecule has 0 spiro atoms. The van der Waals surface area contributed by atoms with Crippen LogP contribution in [0.15, 0.2) is 82.5 Å². The molecule has 8 nitrogen and oxygen atoms in total. The zero-order chi connectivity index (χ0) is 27.8. The maximum atomic E-state index is 13.9. The molecule has 4 aromatic rings. The first-order chi connectivity index (χ1) is 18.7. The minimum absolute atomic E-state index is 0.0713. The number of carbonyl (C=O) groups is 3. The molecule has 0 aliphatic carbocycles. The number of halogens is 1. The number of Topliss-reactive ketones (excluding diaryl/α,β-unsaturated/α-hetero) is 1. The number of ether oxygens (including phenoxy) is 1. The predicted molar refractivity (Wildman–Crippen MR) is 149 cm³/mol. The number of nitrogens with one attached hydrogen (secondary N) is 1. The number of hydrogen-bond donors (Lipinski definition) is 2. The standard InChI is InChI=1S/C30H25ClN2O6/c1-4-17-5-7-18(8-6-17)26-25(27(35)23-14-19-13-20(31)15-24(38-3)29(19)39-23)28(36)30(37)33(26)22-11-9-21(10-12-22)32-16(2)34/h5-15,26,36H,4H2,1-3H3,(H,32,34). The van der Waals surface area contributed by atoms with Crippen LogP contribution in [0.3, 0.4) is 0 Å². The van der Waals surface area contributed by atoms with Crippen molar-refractivity contribution in [3.05, 3.63) is 100.0 Å². The summed E-state index contributed by atoms with van der Waals surface area (Å²) < 4.78 is 11.2. The van der Waals surface area contributed by atoms with Gasteiger partial charge in [-0.3, -0.25) is 19.3 Å². The molecule has 1 atom stereocenters. The van der Waals surface area contributed by atoms with Crippen LogP contribution in [0.1, 0.15) is 41.6 Å². The molecule has 39 heavy (non-hydrogen) atoms. The molecule has 9 heteroatoms. The number of aliphatic hydroxyl groups is 1. The fourth-order valence-corrected chi connectivity index (χ4v) is 4.96. The van der Waals surface area contributed by atoms with E-state index in [9.17, 15) is 19.5 Å². The average Bonchev–Trinajstić information content (AvgIpc) is 3.47.